The number of carbonyl (C=O) groups excluding carboxylic acids is 1. The lowest BCUT2D eigenvalue weighted by molar-refractivity contribution is -0.140. The molecule has 0 spiro atoms. The Labute approximate surface area is 112 Å². The molecule has 1 heterocycles. The Kier molecular flexibility index (Phi) is 5.31. The van der Waals surface area contributed by atoms with Gasteiger partial charge in [0.1, 0.15) is 6.04 Å². The lowest BCUT2D eigenvalue weighted by Crippen LogP contribution is -2.56. The second-order valence-corrected chi connectivity index (χ2v) is 6.50. The second kappa shape index (κ2) is 6.31. The maximum absolute atomic E-state index is 12.1. The molecule has 1 fully saturated rings. The molecule has 0 aromatic rings. The van der Waals surface area contributed by atoms with Crippen LogP contribution in [0.25, 0.3) is 0 Å². The Hall–Kier alpha value is -0.910. The minimum Gasteiger partial charge on any atom is -0.480 e. The summed E-state index contributed by atoms with van der Waals surface area (Å²) >= 11 is 1.84. The fourth-order valence-corrected chi connectivity index (χ4v) is 3.05. The van der Waals surface area contributed by atoms with E-state index in [1.165, 1.54) is 0 Å². The highest BCUT2D eigenvalue weighted by Crippen LogP contribution is 2.24. The van der Waals surface area contributed by atoms with Gasteiger partial charge in [-0.05, 0) is 12.8 Å². The molecular weight excluding hydrogens is 252 g/mol. The van der Waals surface area contributed by atoms with Crippen LogP contribution in [0.5, 0.6) is 0 Å². The number of urea groups is 1. The molecule has 1 aliphatic heterocycles. The van der Waals surface area contributed by atoms with Gasteiger partial charge in [0.2, 0.25) is 0 Å². The van der Waals surface area contributed by atoms with Crippen LogP contribution in [0.15, 0.2) is 0 Å². The number of aliphatic carboxylic acids is 1. The number of rotatable bonds is 3. The summed E-state index contributed by atoms with van der Waals surface area (Å²) in [5, 5.41) is 12.1. The number of thioether (sulfide) groups is 1. The standard InChI is InChI=1S/C12H22N2O3S/c1-7(2)10(11(15)16)13-12(17)14-5-6-18-9(4)8(14)3/h7-10H,5-6H2,1-4H3,(H,13,17)(H,15,16)/t8?,9?,10-/m0/s1. The van der Waals surface area contributed by atoms with Crippen molar-refractivity contribution in [2.24, 2.45) is 5.92 Å². The summed E-state index contributed by atoms with van der Waals surface area (Å²) in [5.74, 6) is -0.206. The minimum absolute atomic E-state index is 0.127. The number of nitrogens with one attached hydrogen (secondary N) is 1. The van der Waals surface area contributed by atoms with Crippen molar-refractivity contribution >= 4 is 23.8 Å². The van der Waals surface area contributed by atoms with Crippen LogP contribution in [0.2, 0.25) is 0 Å². The third-order valence-corrected chi connectivity index (χ3v) is 4.69. The zero-order chi connectivity index (χ0) is 13.9. The van der Waals surface area contributed by atoms with Crippen LogP contribution in [0.4, 0.5) is 4.79 Å². The average molecular weight is 274 g/mol. The van der Waals surface area contributed by atoms with Gasteiger partial charge in [-0.15, -0.1) is 0 Å². The van der Waals surface area contributed by atoms with E-state index in [1.54, 1.807) is 18.7 Å². The number of nitrogens with zero attached hydrogens (tertiary/aromatic N) is 1. The van der Waals surface area contributed by atoms with Crippen molar-refractivity contribution in [3.05, 3.63) is 0 Å². The lowest BCUT2D eigenvalue weighted by Gasteiger charge is -2.38. The van der Waals surface area contributed by atoms with Crippen molar-refractivity contribution in [1.82, 2.24) is 10.2 Å². The molecule has 6 heteroatoms. The summed E-state index contributed by atoms with van der Waals surface area (Å²) in [6.07, 6.45) is 0. The van der Waals surface area contributed by atoms with Crippen molar-refractivity contribution in [2.75, 3.05) is 12.3 Å². The summed E-state index contributed by atoms with van der Waals surface area (Å²) in [6, 6.07) is -0.962. The van der Waals surface area contributed by atoms with Gasteiger partial charge in [0.15, 0.2) is 0 Å². The second-order valence-electron chi connectivity index (χ2n) is 5.02. The largest absolute Gasteiger partial charge is 0.480 e. The van der Waals surface area contributed by atoms with E-state index in [1.807, 2.05) is 18.7 Å². The number of carboxylic acid groups (broad SMARTS) is 1. The van der Waals surface area contributed by atoms with E-state index in [4.69, 9.17) is 5.11 Å². The van der Waals surface area contributed by atoms with Crippen molar-refractivity contribution in [2.45, 2.75) is 45.0 Å². The van der Waals surface area contributed by atoms with Crippen LogP contribution >= 0.6 is 11.8 Å². The van der Waals surface area contributed by atoms with E-state index in [2.05, 4.69) is 12.2 Å². The molecule has 2 unspecified atom stereocenters. The van der Waals surface area contributed by atoms with Crippen molar-refractivity contribution in [1.29, 1.82) is 0 Å². The van der Waals surface area contributed by atoms with Crippen LogP contribution in [-0.4, -0.2) is 51.6 Å². The number of carboxylic acids is 1. The number of hydrogen-bond donors (Lipinski definition) is 2. The molecule has 2 amide bonds. The smallest absolute Gasteiger partial charge is 0.326 e. The molecule has 1 saturated heterocycles. The van der Waals surface area contributed by atoms with Gasteiger partial charge in [-0.2, -0.15) is 11.8 Å². The van der Waals surface area contributed by atoms with Crippen LogP contribution in [0, 0.1) is 5.92 Å². The highest BCUT2D eigenvalue weighted by atomic mass is 32.2. The molecule has 0 saturated carbocycles. The molecule has 104 valence electrons. The molecule has 5 nitrogen and oxygen atoms in total. The van der Waals surface area contributed by atoms with E-state index >= 15 is 0 Å². The molecular formula is C12H22N2O3S. The number of hydrogen-bond acceptors (Lipinski definition) is 3. The van der Waals surface area contributed by atoms with Crippen LogP contribution < -0.4 is 5.32 Å². The molecule has 18 heavy (non-hydrogen) atoms. The maximum Gasteiger partial charge on any atom is 0.326 e. The Morgan fingerprint density at radius 2 is 2.00 bits per heavy atom. The molecule has 0 aromatic carbocycles. The SMILES string of the molecule is CC1SCCN(C(=O)N[C@H](C(=O)O)C(C)C)C1C. The zero-order valence-electron chi connectivity index (χ0n) is 11.3. The Balaban J connectivity index is 2.66. The fourth-order valence-electron chi connectivity index (χ4n) is 1.95. The first-order valence-electron chi connectivity index (χ1n) is 6.26. The summed E-state index contributed by atoms with van der Waals surface area (Å²) in [6.45, 7) is 8.34. The van der Waals surface area contributed by atoms with Crippen molar-refractivity contribution < 1.29 is 14.7 Å². The zero-order valence-corrected chi connectivity index (χ0v) is 12.2. The Morgan fingerprint density at radius 1 is 1.39 bits per heavy atom. The third kappa shape index (κ3) is 3.54. The molecule has 0 aliphatic carbocycles. The van der Waals surface area contributed by atoms with Crippen LogP contribution in [-0.2, 0) is 4.79 Å². The van der Waals surface area contributed by atoms with Gasteiger partial charge < -0.3 is 15.3 Å². The van der Waals surface area contributed by atoms with E-state index in [0.29, 0.717) is 11.8 Å². The summed E-state index contributed by atoms with van der Waals surface area (Å²) in [4.78, 5) is 24.9. The van der Waals surface area contributed by atoms with Crippen molar-refractivity contribution in [3.63, 3.8) is 0 Å². The third-order valence-electron chi connectivity index (χ3n) is 3.36. The lowest BCUT2D eigenvalue weighted by atomic mass is 10.1. The highest BCUT2D eigenvalue weighted by molar-refractivity contribution is 8.00. The van der Waals surface area contributed by atoms with Gasteiger partial charge in [0.25, 0.3) is 0 Å². The minimum atomic E-state index is -0.981. The van der Waals surface area contributed by atoms with Gasteiger partial charge in [-0.25, -0.2) is 9.59 Å². The van der Waals surface area contributed by atoms with E-state index < -0.39 is 12.0 Å². The molecule has 3 atom stereocenters. The Morgan fingerprint density at radius 3 is 2.50 bits per heavy atom. The number of amides is 2. The summed E-state index contributed by atoms with van der Waals surface area (Å²) in [7, 11) is 0. The monoisotopic (exact) mass is 274 g/mol. The highest BCUT2D eigenvalue weighted by Gasteiger charge is 2.32. The molecule has 0 bridgehead atoms. The first-order valence-corrected chi connectivity index (χ1v) is 7.31. The van der Waals surface area contributed by atoms with Crippen LogP contribution in [0.1, 0.15) is 27.7 Å². The first-order chi connectivity index (χ1) is 8.34. The van der Waals surface area contributed by atoms with Gasteiger partial charge in [0.05, 0.1) is 0 Å². The first kappa shape index (κ1) is 15.1. The quantitative estimate of drug-likeness (QED) is 0.820. The van der Waals surface area contributed by atoms with Crippen LogP contribution in [0.3, 0.4) is 0 Å². The van der Waals surface area contributed by atoms with Crippen molar-refractivity contribution in [3.8, 4) is 0 Å². The normalized spacial score (nSPS) is 25.9. The van der Waals surface area contributed by atoms with E-state index in [0.717, 1.165) is 5.75 Å². The fraction of sp³-hybridized carbons (Fsp3) is 0.833. The molecule has 0 aromatic heterocycles. The van der Waals surface area contributed by atoms with E-state index in [-0.39, 0.29) is 18.0 Å². The maximum atomic E-state index is 12.1. The molecule has 2 N–H and O–H groups in total. The summed E-state index contributed by atoms with van der Waals surface area (Å²) in [5.41, 5.74) is 0. The summed E-state index contributed by atoms with van der Waals surface area (Å²) < 4.78 is 0. The topological polar surface area (TPSA) is 69.6 Å². The molecule has 0 radical (unpaired) electrons. The predicted octanol–water partition coefficient (Wildman–Crippen LogP) is 1.63. The van der Waals surface area contributed by atoms with E-state index in [9.17, 15) is 9.59 Å². The molecule has 1 rings (SSSR count). The number of carbonyl (C=O) groups is 2. The molecule has 1 aliphatic rings. The van der Waals surface area contributed by atoms with Gasteiger partial charge >= 0.3 is 12.0 Å². The van der Waals surface area contributed by atoms with Gasteiger partial charge in [-0.1, -0.05) is 20.8 Å². The predicted molar refractivity (Wildman–Crippen MR) is 72.9 cm³/mol. The average Bonchev–Trinajstić information content (AvgIpc) is 2.28. The van der Waals surface area contributed by atoms with Gasteiger partial charge in [0, 0.05) is 23.6 Å². The Bertz CT molecular complexity index is 322. The van der Waals surface area contributed by atoms with Gasteiger partial charge in [-0.3, -0.25) is 0 Å².